The van der Waals surface area contributed by atoms with Gasteiger partial charge in [0.1, 0.15) is 23.1 Å². The van der Waals surface area contributed by atoms with Crippen LogP contribution in [0.4, 0.5) is 10.2 Å². The average Bonchev–Trinajstić information content (AvgIpc) is 3.58. The summed E-state index contributed by atoms with van der Waals surface area (Å²) in [4.78, 5) is 18.0. The molecule has 3 aromatic rings. The topological polar surface area (TPSA) is 88.7 Å². The first-order valence-electron chi connectivity index (χ1n) is 12.7. The van der Waals surface area contributed by atoms with Crippen molar-refractivity contribution < 1.29 is 23.6 Å². The molecular formula is C28H30FN3O4. The summed E-state index contributed by atoms with van der Waals surface area (Å²) in [6, 6.07) is 9.05. The molecule has 0 amide bonds. The van der Waals surface area contributed by atoms with Crippen molar-refractivity contribution in [2.75, 3.05) is 4.90 Å². The van der Waals surface area contributed by atoms with E-state index in [0.717, 1.165) is 54.8 Å². The van der Waals surface area contributed by atoms with E-state index in [1.807, 2.05) is 19.1 Å². The van der Waals surface area contributed by atoms with Crippen LogP contribution in [-0.2, 0) is 11.3 Å². The van der Waals surface area contributed by atoms with Crippen molar-refractivity contribution in [2.45, 2.75) is 76.7 Å². The van der Waals surface area contributed by atoms with Crippen molar-refractivity contribution in [3.63, 3.8) is 0 Å². The van der Waals surface area contributed by atoms with Crippen LogP contribution in [0, 0.1) is 18.7 Å². The van der Waals surface area contributed by atoms with Gasteiger partial charge >= 0.3 is 5.97 Å². The van der Waals surface area contributed by atoms with E-state index < -0.39 is 5.97 Å². The Hall–Kier alpha value is -3.26. The predicted molar refractivity (Wildman–Crippen MR) is 131 cm³/mol. The smallest absolute Gasteiger partial charge is 0.337 e. The maximum Gasteiger partial charge on any atom is 0.337 e. The molecule has 3 aliphatic rings. The lowest BCUT2D eigenvalue weighted by Crippen LogP contribution is -2.47. The number of carbonyl (C=O) groups is 1. The number of carboxylic acids is 1. The first kappa shape index (κ1) is 23.2. The molecule has 36 heavy (non-hydrogen) atoms. The van der Waals surface area contributed by atoms with Crippen LogP contribution >= 0.6 is 0 Å². The van der Waals surface area contributed by atoms with Gasteiger partial charge in [0.05, 0.1) is 18.3 Å². The number of aromatic nitrogens is 2. The molecule has 4 heterocycles. The van der Waals surface area contributed by atoms with Gasteiger partial charge in [-0.2, -0.15) is 0 Å². The van der Waals surface area contributed by atoms with Crippen LogP contribution in [0.1, 0.15) is 72.2 Å². The maximum absolute atomic E-state index is 14.8. The Labute approximate surface area is 209 Å². The maximum atomic E-state index is 14.8. The number of rotatable bonds is 7. The second kappa shape index (κ2) is 9.00. The van der Waals surface area contributed by atoms with E-state index >= 15 is 0 Å². The number of halogens is 1. The predicted octanol–water partition coefficient (Wildman–Crippen LogP) is 5.72. The summed E-state index contributed by atoms with van der Waals surface area (Å²) in [5, 5.41) is 13.5. The molecule has 1 N–H and O–H groups in total. The van der Waals surface area contributed by atoms with Gasteiger partial charge in [-0.15, -0.1) is 0 Å². The highest BCUT2D eigenvalue weighted by atomic mass is 19.1. The van der Waals surface area contributed by atoms with Crippen molar-refractivity contribution in [3.8, 4) is 11.3 Å². The zero-order chi connectivity index (χ0) is 25.0. The molecule has 6 rings (SSSR count). The Morgan fingerprint density at radius 1 is 1.22 bits per heavy atom. The number of benzene rings is 1. The molecule has 2 aliphatic heterocycles. The number of anilines is 1. The minimum absolute atomic E-state index is 0.0658. The zero-order valence-corrected chi connectivity index (χ0v) is 20.5. The molecule has 2 aromatic heterocycles. The van der Waals surface area contributed by atoms with E-state index in [9.17, 15) is 14.3 Å². The van der Waals surface area contributed by atoms with E-state index in [2.05, 4.69) is 22.0 Å². The summed E-state index contributed by atoms with van der Waals surface area (Å²) in [6.45, 7) is 4.50. The van der Waals surface area contributed by atoms with Crippen LogP contribution < -0.4 is 4.90 Å². The Bertz CT molecular complexity index is 1270. The average molecular weight is 492 g/mol. The number of piperidine rings is 1. The lowest BCUT2D eigenvalue weighted by atomic mass is 9.96. The fourth-order valence-electron chi connectivity index (χ4n) is 6.08. The van der Waals surface area contributed by atoms with Gasteiger partial charge in [0.25, 0.3) is 0 Å². The van der Waals surface area contributed by atoms with Crippen molar-refractivity contribution >= 4 is 11.8 Å². The number of nitrogens with zero attached hydrogens (tertiary/aromatic N) is 3. The Morgan fingerprint density at radius 2 is 2.06 bits per heavy atom. The number of hydrogen-bond acceptors (Lipinski definition) is 6. The monoisotopic (exact) mass is 491 g/mol. The van der Waals surface area contributed by atoms with E-state index in [1.165, 1.54) is 12.3 Å². The standard InChI is InChI=1S/C28H30FN3O4/c1-15-4-3-5-22(29)25(15)26-21(27(36-31-26)17-6-7-17)14-35-20-11-19-10-16(2)23(12-20)32(19)24-9-8-18(13-30-24)28(33)34/h3-5,8-9,13,16-17,19-20,23H,6-7,10-12,14H2,1-2H3,(H,33,34)/t16-,19?,20?,23?/m1/s1. The largest absolute Gasteiger partial charge is 0.478 e. The van der Waals surface area contributed by atoms with Gasteiger partial charge in [-0.05, 0) is 68.7 Å². The molecule has 3 unspecified atom stereocenters. The number of pyridine rings is 1. The fourth-order valence-corrected chi connectivity index (χ4v) is 6.08. The van der Waals surface area contributed by atoms with Crippen molar-refractivity contribution in [2.24, 2.45) is 5.92 Å². The highest BCUT2D eigenvalue weighted by Crippen LogP contribution is 2.46. The minimum atomic E-state index is -0.971. The van der Waals surface area contributed by atoms with Crippen LogP contribution in [0.15, 0.2) is 41.1 Å². The summed E-state index contributed by atoms with van der Waals surface area (Å²) < 4.78 is 27.0. The molecule has 0 radical (unpaired) electrons. The van der Waals surface area contributed by atoms with Gasteiger partial charge < -0.3 is 19.3 Å². The van der Waals surface area contributed by atoms with Crippen LogP contribution in [0.3, 0.4) is 0 Å². The summed E-state index contributed by atoms with van der Waals surface area (Å²) in [6.07, 6.45) is 6.39. The van der Waals surface area contributed by atoms with E-state index in [-0.39, 0.29) is 29.6 Å². The quantitative estimate of drug-likeness (QED) is 0.452. The molecule has 0 spiro atoms. The van der Waals surface area contributed by atoms with Gasteiger partial charge in [0, 0.05) is 35.3 Å². The van der Waals surface area contributed by atoms with Gasteiger partial charge in [-0.25, -0.2) is 14.2 Å². The number of hydrogen-bond donors (Lipinski definition) is 1. The summed E-state index contributed by atoms with van der Waals surface area (Å²) >= 11 is 0. The van der Waals surface area contributed by atoms with Crippen molar-refractivity contribution in [3.05, 3.63) is 64.8 Å². The number of carboxylic acid groups (broad SMARTS) is 1. The van der Waals surface area contributed by atoms with Crippen LogP contribution in [0.5, 0.6) is 0 Å². The highest BCUT2D eigenvalue weighted by molar-refractivity contribution is 5.87. The summed E-state index contributed by atoms with van der Waals surface area (Å²) in [7, 11) is 0. The van der Waals surface area contributed by atoms with E-state index in [1.54, 1.807) is 12.1 Å². The molecule has 7 nitrogen and oxygen atoms in total. The molecule has 3 fully saturated rings. The van der Waals surface area contributed by atoms with Crippen LogP contribution in [0.25, 0.3) is 11.3 Å². The third-order valence-corrected chi connectivity index (χ3v) is 8.04. The number of ether oxygens (including phenoxy) is 1. The van der Waals surface area contributed by atoms with Crippen LogP contribution in [0.2, 0.25) is 0 Å². The van der Waals surface area contributed by atoms with Crippen molar-refractivity contribution in [1.82, 2.24) is 10.1 Å². The second-order valence-electron chi connectivity index (χ2n) is 10.5. The molecule has 1 aliphatic carbocycles. The van der Waals surface area contributed by atoms with Gasteiger partial charge in [0.15, 0.2) is 0 Å². The second-order valence-corrected chi connectivity index (χ2v) is 10.5. The first-order chi connectivity index (χ1) is 17.4. The lowest BCUT2D eigenvalue weighted by molar-refractivity contribution is 0.0134. The Kier molecular flexibility index (Phi) is 5.79. The summed E-state index contributed by atoms with van der Waals surface area (Å²) in [5.74, 6) is 1.22. The van der Waals surface area contributed by atoms with Crippen molar-refractivity contribution in [1.29, 1.82) is 0 Å². The molecule has 2 bridgehead atoms. The van der Waals surface area contributed by atoms with Gasteiger partial charge in [0.2, 0.25) is 0 Å². The molecule has 188 valence electrons. The molecule has 4 atom stereocenters. The number of fused-ring (bicyclic) bond motifs is 2. The van der Waals surface area contributed by atoms with E-state index in [0.29, 0.717) is 29.7 Å². The normalized spacial score (nSPS) is 25.4. The molecule has 8 heteroatoms. The lowest BCUT2D eigenvalue weighted by Gasteiger charge is -2.40. The third kappa shape index (κ3) is 4.07. The SMILES string of the molecule is Cc1cccc(F)c1-c1noc(C2CC2)c1COC1CC2C[C@@H](C)C(C1)N2c1ccc(C(=O)O)cn1. The number of aryl methyl sites for hydroxylation is 1. The zero-order valence-electron chi connectivity index (χ0n) is 20.5. The molecule has 1 aromatic carbocycles. The first-order valence-corrected chi connectivity index (χ1v) is 12.7. The minimum Gasteiger partial charge on any atom is -0.478 e. The van der Waals surface area contributed by atoms with Gasteiger partial charge in [-0.3, -0.25) is 0 Å². The summed E-state index contributed by atoms with van der Waals surface area (Å²) in [5.41, 5.74) is 2.95. The molecular weight excluding hydrogens is 461 g/mol. The highest BCUT2D eigenvalue weighted by Gasteiger charge is 2.46. The number of aromatic carboxylic acids is 1. The molecule has 1 saturated carbocycles. The molecule has 2 saturated heterocycles. The third-order valence-electron chi connectivity index (χ3n) is 8.04. The van der Waals surface area contributed by atoms with Crippen LogP contribution in [-0.4, -0.2) is 39.4 Å². The fraction of sp³-hybridized carbons (Fsp3) is 0.464. The van der Waals surface area contributed by atoms with E-state index in [4.69, 9.17) is 9.26 Å². The van der Waals surface area contributed by atoms with Gasteiger partial charge in [-0.1, -0.05) is 24.2 Å². The Balaban J connectivity index is 1.21. The Morgan fingerprint density at radius 3 is 2.72 bits per heavy atom.